The van der Waals surface area contributed by atoms with Crippen LogP contribution in [0.1, 0.15) is 110 Å². The van der Waals surface area contributed by atoms with Crippen molar-refractivity contribution in [2.75, 3.05) is 51.0 Å². The average Bonchev–Trinajstić information content (AvgIpc) is 1.63. The number of fused-ring (bicyclic) bond motifs is 2. The van der Waals surface area contributed by atoms with Crippen molar-refractivity contribution in [1.82, 2.24) is 100 Å². The second kappa shape index (κ2) is 58.0. The Morgan fingerprint density at radius 3 is 1.17 bits per heavy atom. The predicted molar refractivity (Wildman–Crippen MR) is 492 cm³/mol. The van der Waals surface area contributed by atoms with Gasteiger partial charge in [-0.2, -0.15) is 25.3 Å². The summed E-state index contributed by atoms with van der Waals surface area (Å²) in [5.74, 6) is -29.3. The molecule has 762 valence electrons. The highest BCUT2D eigenvalue weighted by Gasteiger charge is 2.41. The molecule has 2 aromatic carbocycles. The number of nitrogens with two attached hydrogens (primary N) is 5. The van der Waals surface area contributed by atoms with Gasteiger partial charge in [-0.3, -0.25) is 101 Å². The number of carboxylic acids is 2. The van der Waals surface area contributed by atoms with E-state index in [2.05, 4.69) is 120 Å². The summed E-state index contributed by atoms with van der Waals surface area (Å²) in [6.45, 7) is 3.32. The standard InChI is InChI=1S/C83H124N24O29S2/c1-7-37(4)65(81(133)99-50(22-41-28-90-46-17-11-9-15-43(41)46)72(124)104-59(35-138)80(132)103-56(32-110)76(128)92-38(5)67(119)101-54(83(135)136)25-62(88)115)106-74(126)48(20-36(2)3)96-77(129)55(31-109)93-63(116)29-91-69(121)53(26-64(117)118)98-71(123)49(21-40-27-89-45-16-10-8-14-42(40)45)100-82(134)66(39(6)112)107-75(127)52(24-61(87)114)97-79(131)58(34-137)105-78(130)57(33-111)102-70(122)47(18-12-13-19-84)94-73(125)51(23-60(86)113)95-68(120)44(85)30-108/h8-11,14-17,27-28,36-39,44,47-59,65-66,89-90,108-112,137-138H,7,12-13,18-26,29-35,84-85H2,1-6H3,(H2,86,113)(H2,87,114)(H2,88,115)(H,91,121)(H,92,128)(H,93,116)(H,94,125)(H,95,120)(H,96,129)(H,97,131)(H,98,123)(H,99,133)(H,100,134)(H,101,119)(H,102,122)(H,103,132)(H,104,124)(H,105,130)(H,106,126)(H,107,127)(H,117,118)(H,135,136)/t37-,38-,39+,44-,47-,48-,49-,50-,51-,52-,53-,54-,55-,56-,57-,58-,59-,65-,66-/m0/s1. The Balaban J connectivity index is 1.53. The number of rotatable bonds is 62. The molecule has 55 heteroatoms. The number of carbonyl (C=O) groups excluding carboxylic acids is 20. The maximum absolute atomic E-state index is 14.8. The number of para-hydroxylation sites is 2. The first-order chi connectivity index (χ1) is 65.1. The lowest BCUT2D eigenvalue weighted by Crippen LogP contribution is -2.63. The van der Waals surface area contributed by atoms with Crippen molar-refractivity contribution in [2.45, 2.75) is 221 Å². The van der Waals surface area contributed by atoms with Crippen LogP contribution in [-0.4, -0.2) is 336 Å². The smallest absolute Gasteiger partial charge is 0.326 e. The molecule has 0 radical (unpaired) electrons. The topological polar surface area (TPSA) is 883 Å². The van der Waals surface area contributed by atoms with Crippen LogP contribution in [0.5, 0.6) is 0 Å². The van der Waals surface area contributed by atoms with Gasteiger partial charge in [-0.1, -0.05) is 70.5 Å². The summed E-state index contributed by atoms with van der Waals surface area (Å²) in [4.78, 5) is 302. The SMILES string of the molecule is CC[C@H](C)[C@H](NC(=O)[C@H](CC(C)C)NC(=O)[C@H](CO)NC(=O)CNC(=O)[C@H](CC(=O)O)NC(=O)[C@H](Cc1c[nH]c2ccccc12)NC(=O)[C@@H](NC(=O)[C@H](CC(N)=O)NC(=O)[C@H](CS)NC(=O)[C@H](CO)NC(=O)[C@H](CCCCN)NC(=O)[C@H](CC(N)=O)NC(=O)[C@@H](N)CO)[C@@H](C)O)C(=O)N[C@@H](Cc1c[nH]c2ccccc12)C(=O)N[C@@H](CS)C(=O)N[C@@H](CO)C(=O)N[C@@H](C)C(=O)N[C@@H](CC(N)=O)C(=O)O. The monoisotopic (exact) mass is 1980 g/mol. The molecular formula is C83H124N24O29S2. The first kappa shape index (κ1) is 117. The molecule has 53 nitrogen and oxygen atoms in total. The van der Waals surface area contributed by atoms with E-state index in [1.165, 1.54) is 6.20 Å². The fourth-order valence-electron chi connectivity index (χ4n) is 13.4. The molecule has 36 N–H and O–H groups in total. The Bertz CT molecular complexity index is 4980. The third-order valence-corrected chi connectivity index (χ3v) is 21.9. The van der Waals surface area contributed by atoms with Crippen LogP contribution in [0.2, 0.25) is 0 Å². The molecule has 0 aliphatic rings. The number of unbranched alkanes of at least 4 members (excludes halogenated alkanes) is 1. The largest absolute Gasteiger partial charge is 0.481 e. The van der Waals surface area contributed by atoms with Gasteiger partial charge in [0.25, 0.3) is 0 Å². The second-order valence-corrected chi connectivity index (χ2v) is 33.3. The highest BCUT2D eigenvalue weighted by atomic mass is 32.1. The van der Waals surface area contributed by atoms with E-state index in [1.807, 2.05) is 5.32 Å². The van der Waals surface area contributed by atoms with Crippen molar-refractivity contribution in [3.8, 4) is 0 Å². The number of carboxylic acid groups (broad SMARTS) is 2. The molecule has 0 bridgehead atoms. The molecule has 0 spiro atoms. The number of amides is 20. The Labute approximate surface area is 799 Å². The van der Waals surface area contributed by atoms with Crippen LogP contribution in [0.15, 0.2) is 60.9 Å². The van der Waals surface area contributed by atoms with E-state index in [0.717, 1.165) is 13.8 Å². The highest BCUT2D eigenvalue weighted by molar-refractivity contribution is 7.80. The van der Waals surface area contributed by atoms with Gasteiger partial charge in [0.15, 0.2) is 0 Å². The molecule has 138 heavy (non-hydrogen) atoms. The fourth-order valence-corrected chi connectivity index (χ4v) is 13.9. The molecule has 0 unspecified atom stereocenters. The number of aliphatic carboxylic acids is 2. The number of benzene rings is 2. The van der Waals surface area contributed by atoms with Crippen molar-refractivity contribution in [2.24, 2.45) is 40.5 Å². The van der Waals surface area contributed by atoms with Crippen LogP contribution < -0.4 is 119 Å². The lowest BCUT2D eigenvalue weighted by atomic mass is 9.95. The Hall–Kier alpha value is -13.7. The number of H-pyrrole nitrogens is 2. The molecule has 4 rings (SSSR count). The van der Waals surface area contributed by atoms with E-state index in [1.54, 1.807) is 82.4 Å². The third-order valence-electron chi connectivity index (χ3n) is 21.2. The van der Waals surface area contributed by atoms with Gasteiger partial charge in [-0.05, 0) is 81.2 Å². The minimum absolute atomic E-state index is 0.115. The fraction of sp³-hybridized carbons (Fsp3) is 0.542. The molecule has 0 saturated carbocycles. The summed E-state index contributed by atoms with van der Waals surface area (Å²) in [6.07, 6.45) is -3.40. The summed E-state index contributed by atoms with van der Waals surface area (Å²) in [7, 11) is 0. The quantitative estimate of drug-likeness (QED) is 0.0144. The molecule has 20 amide bonds. The van der Waals surface area contributed by atoms with Gasteiger partial charge < -0.3 is 165 Å². The number of aromatic amines is 2. The van der Waals surface area contributed by atoms with Crippen molar-refractivity contribution in [3.63, 3.8) is 0 Å². The molecule has 2 aromatic heterocycles. The zero-order valence-electron chi connectivity index (χ0n) is 76.1. The molecule has 2 heterocycles. The number of hydrogen-bond donors (Lipinski definition) is 33. The maximum atomic E-state index is 14.8. The van der Waals surface area contributed by atoms with Gasteiger partial charge in [0.1, 0.15) is 103 Å². The van der Waals surface area contributed by atoms with E-state index in [4.69, 9.17) is 28.7 Å². The zero-order valence-corrected chi connectivity index (χ0v) is 77.9. The Kier molecular flexibility index (Phi) is 49.0. The van der Waals surface area contributed by atoms with E-state index >= 15 is 0 Å². The zero-order chi connectivity index (χ0) is 104. The van der Waals surface area contributed by atoms with Gasteiger partial charge in [-0.15, -0.1) is 0 Å². The minimum Gasteiger partial charge on any atom is -0.481 e. The van der Waals surface area contributed by atoms with E-state index in [9.17, 15) is 141 Å². The van der Waals surface area contributed by atoms with Crippen molar-refractivity contribution >= 4 is 177 Å². The Morgan fingerprint density at radius 1 is 0.384 bits per heavy atom. The number of aliphatic hydroxyl groups excluding tert-OH is 5. The van der Waals surface area contributed by atoms with Crippen LogP contribution in [0, 0.1) is 11.8 Å². The maximum Gasteiger partial charge on any atom is 0.326 e. The van der Waals surface area contributed by atoms with Crippen LogP contribution in [-0.2, 0) is 118 Å². The van der Waals surface area contributed by atoms with Crippen LogP contribution in [0.4, 0.5) is 0 Å². The van der Waals surface area contributed by atoms with Gasteiger partial charge >= 0.3 is 11.9 Å². The molecule has 0 aliphatic heterocycles. The van der Waals surface area contributed by atoms with Crippen LogP contribution >= 0.6 is 25.3 Å². The number of aromatic nitrogens is 2. The number of carbonyl (C=O) groups is 22. The van der Waals surface area contributed by atoms with Crippen molar-refractivity contribution < 1.29 is 141 Å². The van der Waals surface area contributed by atoms with Gasteiger partial charge in [0, 0.05) is 58.5 Å². The molecule has 0 saturated heterocycles. The minimum atomic E-state index is -2.15. The first-order valence-corrected chi connectivity index (χ1v) is 44.7. The van der Waals surface area contributed by atoms with E-state index in [-0.39, 0.29) is 45.1 Å². The molecule has 19 atom stereocenters. The van der Waals surface area contributed by atoms with Crippen molar-refractivity contribution in [1.29, 1.82) is 0 Å². The molecule has 4 aromatic rings. The van der Waals surface area contributed by atoms with Crippen LogP contribution in [0.3, 0.4) is 0 Å². The Morgan fingerprint density at radius 2 is 0.739 bits per heavy atom. The van der Waals surface area contributed by atoms with Gasteiger partial charge in [-0.25, -0.2) is 4.79 Å². The summed E-state index contributed by atoms with van der Waals surface area (Å²) >= 11 is 8.32. The van der Waals surface area contributed by atoms with Crippen molar-refractivity contribution in [3.05, 3.63) is 72.1 Å². The normalized spacial score (nSPS) is 15.3. The van der Waals surface area contributed by atoms with E-state index in [0.29, 0.717) is 32.9 Å². The lowest BCUT2D eigenvalue weighted by molar-refractivity contribution is -0.143. The average molecular weight is 1990 g/mol. The molecule has 0 aliphatic carbocycles. The lowest BCUT2D eigenvalue weighted by Gasteiger charge is -2.30. The van der Waals surface area contributed by atoms with Crippen LogP contribution in [0.25, 0.3) is 21.8 Å². The number of hydrogen-bond acceptors (Lipinski definition) is 31. The highest BCUT2D eigenvalue weighted by Crippen LogP contribution is 2.23. The molecule has 0 fully saturated rings. The predicted octanol–water partition coefficient (Wildman–Crippen LogP) is -12.7. The molecular weight excluding hydrogens is 1860 g/mol. The summed E-state index contributed by atoms with van der Waals surface area (Å²) in [6, 6.07) is -16.8. The third kappa shape index (κ3) is 37.7. The number of primary amides is 3. The number of thiol groups is 2. The summed E-state index contributed by atoms with van der Waals surface area (Å²) in [5.41, 5.74) is 28.9. The van der Waals surface area contributed by atoms with E-state index < -0.39 is 327 Å². The number of nitrogens with one attached hydrogen (secondary N) is 19. The summed E-state index contributed by atoms with van der Waals surface area (Å²) < 4.78 is 0. The number of aliphatic hydroxyl groups is 5. The van der Waals surface area contributed by atoms with Gasteiger partial charge in [0.2, 0.25) is 118 Å². The second-order valence-electron chi connectivity index (χ2n) is 32.6. The van der Waals surface area contributed by atoms with Gasteiger partial charge in [0.05, 0.1) is 64.8 Å². The first-order valence-electron chi connectivity index (χ1n) is 43.4. The summed E-state index contributed by atoms with van der Waals surface area (Å²) in [5, 5.41) is 111.